The van der Waals surface area contributed by atoms with Crippen molar-refractivity contribution < 1.29 is 13.2 Å². The lowest BCUT2D eigenvalue weighted by Crippen LogP contribution is -2.05. The van der Waals surface area contributed by atoms with Crippen LogP contribution in [0.3, 0.4) is 0 Å². The van der Waals surface area contributed by atoms with Gasteiger partial charge >= 0.3 is 0 Å². The fourth-order valence-corrected chi connectivity index (χ4v) is 4.02. The van der Waals surface area contributed by atoms with Crippen molar-refractivity contribution in [1.29, 1.82) is 5.41 Å². The lowest BCUT2D eigenvalue weighted by molar-refractivity contribution is 0.106. The number of hydrogen-bond donors (Lipinski definition) is 1. The molecular weight excluding hydrogens is 310 g/mol. The maximum absolute atomic E-state index is 12.7. The molecule has 1 N–H and O–H groups in total. The topological polar surface area (TPSA) is 75.1 Å². The maximum atomic E-state index is 12.7. The summed E-state index contributed by atoms with van der Waals surface area (Å²) in [7, 11) is -3.62. The Hall–Kier alpha value is -2.27. The van der Waals surface area contributed by atoms with Crippen molar-refractivity contribution in [2.24, 2.45) is 0 Å². The van der Waals surface area contributed by atoms with Crippen LogP contribution >= 0.6 is 0 Å². The number of Topliss-reactive ketones (excluding diaryl/α,β-unsaturated/α-hetero) is 1. The molecule has 1 aliphatic rings. The monoisotopic (exact) mass is 327 g/mol. The minimum Gasteiger partial charge on any atom is -0.301 e. The Morgan fingerprint density at radius 3 is 2.22 bits per heavy atom. The Kier molecular flexibility index (Phi) is 3.68. The summed E-state index contributed by atoms with van der Waals surface area (Å²) in [6.45, 7) is 4.10. The number of benzene rings is 2. The van der Waals surface area contributed by atoms with E-state index in [1.807, 2.05) is 12.1 Å². The number of fused-ring (bicyclic) bond motifs is 1. The van der Waals surface area contributed by atoms with Crippen molar-refractivity contribution in [1.82, 2.24) is 0 Å². The second-order valence-electron chi connectivity index (χ2n) is 6.03. The molecule has 118 valence electrons. The van der Waals surface area contributed by atoms with E-state index in [9.17, 15) is 13.2 Å². The summed E-state index contributed by atoms with van der Waals surface area (Å²) < 4.78 is 25.5. The highest BCUT2D eigenvalue weighted by molar-refractivity contribution is 7.91. The number of rotatable bonds is 3. The number of carbonyl (C=O) groups is 1. The molecule has 0 saturated heterocycles. The minimum absolute atomic E-state index is 0.0100. The molecule has 0 bridgehead atoms. The third-order valence-corrected chi connectivity index (χ3v) is 5.90. The highest BCUT2D eigenvalue weighted by atomic mass is 32.2. The van der Waals surface area contributed by atoms with Crippen LogP contribution in [0.5, 0.6) is 0 Å². The molecule has 3 rings (SSSR count). The first kappa shape index (κ1) is 15.6. The van der Waals surface area contributed by atoms with E-state index >= 15 is 0 Å². The van der Waals surface area contributed by atoms with Gasteiger partial charge in [-0.2, -0.15) is 0 Å². The molecule has 0 heterocycles. The van der Waals surface area contributed by atoms with Crippen molar-refractivity contribution in [2.75, 3.05) is 0 Å². The minimum atomic E-state index is -3.62. The fourth-order valence-electron chi connectivity index (χ4n) is 2.71. The Morgan fingerprint density at radius 2 is 1.61 bits per heavy atom. The average molecular weight is 327 g/mol. The largest absolute Gasteiger partial charge is 0.301 e. The number of hydrogen-bond acceptors (Lipinski definition) is 4. The third kappa shape index (κ3) is 2.61. The van der Waals surface area contributed by atoms with Crippen LogP contribution in [-0.4, -0.2) is 19.9 Å². The van der Waals surface area contributed by atoms with Gasteiger partial charge in [0, 0.05) is 12.0 Å². The first-order valence-electron chi connectivity index (χ1n) is 7.41. The molecular formula is C18H17NO3S. The summed E-state index contributed by atoms with van der Waals surface area (Å²) >= 11 is 0. The van der Waals surface area contributed by atoms with Gasteiger partial charge < -0.3 is 5.41 Å². The van der Waals surface area contributed by atoms with Gasteiger partial charge in [-0.1, -0.05) is 26.0 Å². The van der Waals surface area contributed by atoms with E-state index in [0.29, 0.717) is 17.0 Å². The van der Waals surface area contributed by atoms with Crippen molar-refractivity contribution >= 4 is 21.3 Å². The molecule has 0 radical (unpaired) electrons. The molecule has 2 aromatic rings. The molecule has 0 saturated carbocycles. The van der Waals surface area contributed by atoms with Gasteiger partial charge in [-0.15, -0.1) is 0 Å². The van der Waals surface area contributed by atoms with Crippen LogP contribution in [0, 0.1) is 5.41 Å². The molecule has 23 heavy (non-hydrogen) atoms. The normalized spacial score (nSPS) is 14.4. The summed E-state index contributed by atoms with van der Waals surface area (Å²) in [4.78, 5) is 12.2. The zero-order valence-electron chi connectivity index (χ0n) is 13.0. The lowest BCUT2D eigenvalue weighted by atomic mass is 10.0. The SMILES string of the molecule is CC(C)c1ccc(S(=O)(=O)c2ccc3c(c2)CC(=N)C3=O)cc1. The summed E-state index contributed by atoms with van der Waals surface area (Å²) in [5.74, 6) is 0.0222. The Morgan fingerprint density at radius 1 is 1.00 bits per heavy atom. The number of ketones is 1. The van der Waals surface area contributed by atoms with Crippen molar-refractivity contribution in [3.8, 4) is 0 Å². The van der Waals surface area contributed by atoms with Crippen LogP contribution in [0.2, 0.25) is 0 Å². The predicted octanol–water partition coefficient (Wildman–Crippen LogP) is 3.40. The molecule has 0 fully saturated rings. The van der Waals surface area contributed by atoms with E-state index in [1.54, 1.807) is 12.1 Å². The van der Waals surface area contributed by atoms with Gasteiger partial charge in [0.15, 0.2) is 0 Å². The van der Waals surface area contributed by atoms with Gasteiger partial charge in [-0.25, -0.2) is 8.42 Å². The van der Waals surface area contributed by atoms with Gasteiger partial charge in [0.25, 0.3) is 0 Å². The van der Waals surface area contributed by atoms with E-state index in [0.717, 1.165) is 5.56 Å². The molecule has 0 aromatic heterocycles. The van der Waals surface area contributed by atoms with Crippen LogP contribution in [0.1, 0.15) is 41.3 Å². The van der Waals surface area contributed by atoms with E-state index in [-0.39, 0.29) is 27.7 Å². The predicted molar refractivity (Wildman–Crippen MR) is 88.2 cm³/mol. The summed E-state index contributed by atoms with van der Waals surface area (Å²) in [6, 6.07) is 11.3. The Balaban J connectivity index is 2.02. The molecule has 5 heteroatoms. The lowest BCUT2D eigenvalue weighted by Gasteiger charge is -2.09. The zero-order chi connectivity index (χ0) is 16.8. The second-order valence-corrected chi connectivity index (χ2v) is 7.98. The molecule has 0 spiro atoms. The Bertz CT molecular complexity index is 910. The van der Waals surface area contributed by atoms with E-state index in [4.69, 9.17) is 5.41 Å². The number of sulfone groups is 1. The zero-order valence-corrected chi connectivity index (χ0v) is 13.8. The van der Waals surface area contributed by atoms with Gasteiger partial charge in [0.2, 0.25) is 15.6 Å². The summed E-state index contributed by atoms with van der Waals surface area (Å²) in [6.07, 6.45) is 0.198. The number of carbonyl (C=O) groups excluding carboxylic acids is 1. The molecule has 0 unspecified atom stereocenters. The second kappa shape index (κ2) is 5.42. The molecule has 0 atom stereocenters. The van der Waals surface area contributed by atoms with Crippen LogP contribution < -0.4 is 0 Å². The van der Waals surface area contributed by atoms with E-state index in [2.05, 4.69) is 13.8 Å². The highest BCUT2D eigenvalue weighted by Crippen LogP contribution is 2.28. The maximum Gasteiger partial charge on any atom is 0.207 e. The summed E-state index contributed by atoms with van der Waals surface area (Å²) in [5.41, 5.74) is 2.14. The fraction of sp³-hybridized carbons (Fsp3) is 0.222. The van der Waals surface area contributed by atoms with Crippen LogP contribution in [0.25, 0.3) is 0 Å². The highest BCUT2D eigenvalue weighted by Gasteiger charge is 2.27. The van der Waals surface area contributed by atoms with Gasteiger partial charge in [0.05, 0.1) is 15.5 Å². The van der Waals surface area contributed by atoms with Crippen LogP contribution in [0.4, 0.5) is 0 Å². The molecule has 0 amide bonds. The van der Waals surface area contributed by atoms with Crippen molar-refractivity contribution in [2.45, 2.75) is 36.0 Å². The summed E-state index contributed by atoms with van der Waals surface area (Å²) in [5, 5.41) is 7.60. The van der Waals surface area contributed by atoms with Crippen molar-refractivity contribution in [3.05, 3.63) is 59.2 Å². The van der Waals surface area contributed by atoms with Gasteiger partial charge in [-0.3, -0.25) is 4.79 Å². The molecule has 2 aromatic carbocycles. The standard InChI is InChI=1S/C18H17NO3S/c1-11(2)12-3-5-14(6-4-12)23(21,22)15-7-8-16-13(9-15)10-17(19)18(16)20/h3-9,11,19H,10H2,1-2H3. The molecule has 1 aliphatic carbocycles. The first-order valence-corrected chi connectivity index (χ1v) is 8.89. The van der Waals surface area contributed by atoms with Crippen LogP contribution in [-0.2, 0) is 16.3 Å². The molecule has 4 nitrogen and oxygen atoms in total. The first-order chi connectivity index (χ1) is 10.8. The van der Waals surface area contributed by atoms with Crippen LogP contribution in [0.15, 0.2) is 52.3 Å². The number of nitrogens with one attached hydrogen (secondary N) is 1. The molecule has 0 aliphatic heterocycles. The quantitative estimate of drug-likeness (QED) is 0.939. The smallest absolute Gasteiger partial charge is 0.207 e. The van der Waals surface area contributed by atoms with E-state index < -0.39 is 9.84 Å². The van der Waals surface area contributed by atoms with Gasteiger partial charge in [0.1, 0.15) is 0 Å². The Labute approximate surface area is 135 Å². The van der Waals surface area contributed by atoms with Gasteiger partial charge in [-0.05, 0) is 47.4 Å². The van der Waals surface area contributed by atoms with Crippen molar-refractivity contribution in [3.63, 3.8) is 0 Å². The average Bonchev–Trinajstić information content (AvgIpc) is 2.81. The third-order valence-electron chi connectivity index (χ3n) is 4.13. The van der Waals surface area contributed by atoms with E-state index in [1.165, 1.54) is 18.2 Å².